The first kappa shape index (κ1) is 23.1. The van der Waals surface area contributed by atoms with E-state index >= 15 is 0 Å². The molecular weight excluding hydrogens is 530 g/mol. The minimum atomic E-state index is -0.790. The Kier molecular flexibility index (Phi) is 7.61. The van der Waals surface area contributed by atoms with Gasteiger partial charge in [-0.15, -0.1) is 0 Å². The van der Waals surface area contributed by atoms with Gasteiger partial charge in [-0.05, 0) is 50.2 Å². The lowest BCUT2D eigenvalue weighted by molar-refractivity contribution is -0.150. The monoisotopic (exact) mass is 549 g/mol. The van der Waals surface area contributed by atoms with E-state index in [1.165, 1.54) is 10.9 Å². The molecule has 9 heteroatoms. The number of carbonyl (C=O) groups is 1. The van der Waals surface area contributed by atoms with E-state index in [0.717, 1.165) is 8.95 Å². The minimum absolute atomic E-state index is 0.267. The van der Waals surface area contributed by atoms with E-state index < -0.39 is 12.1 Å². The van der Waals surface area contributed by atoms with Crippen molar-refractivity contribution in [2.45, 2.75) is 33.3 Å². The van der Waals surface area contributed by atoms with Crippen LogP contribution < -0.4 is 10.3 Å². The Balaban J connectivity index is 2.03. The Bertz CT molecular complexity index is 1210. The van der Waals surface area contributed by atoms with Crippen molar-refractivity contribution in [3.05, 3.63) is 67.1 Å². The second-order valence-electron chi connectivity index (χ2n) is 6.60. The highest BCUT2D eigenvalue weighted by Crippen LogP contribution is 2.23. The molecule has 0 radical (unpaired) electrons. The third-order valence-electron chi connectivity index (χ3n) is 4.40. The van der Waals surface area contributed by atoms with Gasteiger partial charge in [-0.3, -0.25) is 4.79 Å². The van der Waals surface area contributed by atoms with Gasteiger partial charge in [0.05, 0.1) is 23.7 Å². The van der Waals surface area contributed by atoms with Crippen LogP contribution in [0.15, 0.2) is 55.2 Å². The first-order chi connectivity index (χ1) is 14.8. The lowest BCUT2D eigenvalue weighted by Gasteiger charge is -2.15. The lowest BCUT2D eigenvalue weighted by atomic mass is 10.2. The number of hydrogen-bond acceptors (Lipinski definition) is 6. The molecule has 2 aromatic carbocycles. The van der Waals surface area contributed by atoms with Crippen LogP contribution in [0.1, 0.15) is 32.2 Å². The smallest absolute Gasteiger partial charge is 0.347 e. The molecule has 1 heterocycles. The number of fused-ring (bicyclic) bond motifs is 1. The molecule has 0 aliphatic carbocycles. The number of halogens is 2. The van der Waals surface area contributed by atoms with Crippen LogP contribution in [-0.4, -0.2) is 34.6 Å². The Hall–Kier alpha value is -2.52. The van der Waals surface area contributed by atoms with E-state index in [-0.39, 0.29) is 12.2 Å². The Morgan fingerprint density at radius 2 is 1.90 bits per heavy atom. The van der Waals surface area contributed by atoms with Gasteiger partial charge in [0, 0.05) is 20.9 Å². The predicted molar refractivity (Wildman–Crippen MR) is 127 cm³/mol. The average Bonchev–Trinajstić information content (AvgIpc) is 2.75. The molecule has 0 unspecified atom stereocenters. The van der Waals surface area contributed by atoms with Crippen LogP contribution in [0.25, 0.3) is 10.9 Å². The molecule has 0 amide bonds. The number of aryl methyl sites for hydroxylation is 1. The van der Waals surface area contributed by atoms with Crippen LogP contribution in [0.4, 0.5) is 0 Å². The first-order valence-electron chi connectivity index (χ1n) is 9.72. The normalized spacial score (nSPS) is 12.3. The molecule has 31 heavy (non-hydrogen) atoms. The highest BCUT2D eigenvalue weighted by molar-refractivity contribution is 9.10. The van der Waals surface area contributed by atoms with Gasteiger partial charge in [-0.2, -0.15) is 9.78 Å². The quantitative estimate of drug-likeness (QED) is 0.314. The second kappa shape index (κ2) is 10.2. The molecule has 0 aliphatic heterocycles. The summed E-state index contributed by atoms with van der Waals surface area (Å²) in [6.45, 7) is 5.54. The van der Waals surface area contributed by atoms with Crippen LogP contribution in [0.3, 0.4) is 0 Å². The average molecular weight is 551 g/mol. The number of esters is 1. The van der Waals surface area contributed by atoms with Crippen molar-refractivity contribution < 1.29 is 14.3 Å². The van der Waals surface area contributed by atoms with E-state index in [9.17, 15) is 9.59 Å². The molecule has 0 bridgehead atoms. The number of rotatable bonds is 7. The van der Waals surface area contributed by atoms with E-state index in [1.807, 2.05) is 13.0 Å². The molecule has 7 nitrogen and oxygen atoms in total. The van der Waals surface area contributed by atoms with Crippen molar-refractivity contribution in [1.82, 2.24) is 9.66 Å². The highest BCUT2D eigenvalue weighted by Gasteiger charge is 2.17. The van der Waals surface area contributed by atoms with Crippen molar-refractivity contribution in [2.24, 2.45) is 5.10 Å². The molecule has 0 saturated carbocycles. The van der Waals surface area contributed by atoms with Gasteiger partial charge in [-0.1, -0.05) is 38.8 Å². The van der Waals surface area contributed by atoms with E-state index in [1.54, 1.807) is 44.2 Å². The largest absolute Gasteiger partial charge is 0.478 e. The molecule has 0 fully saturated rings. The third-order valence-corrected chi connectivity index (χ3v) is 5.38. The van der Waals surface area contributed by atoms with Gasteiger partial charge in [-0.25, -0.2) is 9.78 Å². The van der Waals surface area contributed by atoms with E-state index in [4.69, 9.17) is 9.47 Å². The topological polar surface area (TPSA) is 82.8 Å². The SMILES string of the molecule is CCOC(=O)[C@H](C)Oc1ccc(Br)cc1C=Nn1c(CC)nc2ccc(Br)cc2c1=O. The summed E-state index contributed by atoms with van der Waals surface area (Å²) in [5.41, 5.74) is 0.941. The molecule has 1 atom stereocenters. The molecule has 3 rings (SSSR count). The fourth-order valence-electron chi connectivity index (χ4n) is 2.89. The summed E-state index contributed by atoms with van der Waals surface area (Å²) >= 11 is 6.82. The number of aromatic nitrogens is 2. The zero-order valence-electron chi connectivity index (χ0n) is 17.3. The maximum absolute atomic E-state index is 13.1. The van der Waals surface area contributed by atoms with Crippen molar-refractivity contribution in [3.8, 4) is 5.75 Å². The molecule has 3 aromatic rings. The standard InChI is InChI=1S/C22H21Br2N3O4/c1-4-20-26-18-8-6-16(24)11-17(18)21(28)27(20)25-12-14-10-15(23)7-9-19(14)31-13(3)22(29)30-5-2/h6-13H,4-5H2,1-3H3/t13-/m0/s1. The number of nitrogens with zero attached hydrogens (tertiary/aromatic N) is 3. The van der Waals surface area contributed by atoms with E-state index in [2.05, 4.69) is 41.9 Å². The zero-order chi connectivity index (χ0) is 22.5. The highest BCUT2D eigenvalue weighted by atomic mass is 79.9. The maximum Gasteiger partial charge on any atom is 0.347 e. The number of benzene rings is 2. The summed E-state index contributed by atoms with van der Waals surface area (Å²) in [5.74, 6) is 0.519. The van der Waals surface area contributed by atoms with Crippen LogP contribution in [0.2, 0.25) is 0 Å². The number of hydrogen-bond donors (Lipinski definition) is 0. The molecule has 0 aliphatic rings. The van der Waals surface area contributed by atoms with Gasteiger partial charge in [0.15, 0.2) is 6.10 Å². The predicted octanol–water partition coefficient (Wildman–Crippen LogP) is 4.70. The minimum Gasteiger partial charge on any atom is -0.478 e. The molecule has 0 saturated heterocycles. The van der Waals surface area contributed by atoms with Crippen LogP contribution in [0.5, 0.6) is 5.75 Å². The molecule has 0 spiro atoms. The zero-order valence-corrected chi connectivity index (χ0v) is 20.4. The first-order valence-corrected chi connectivity index (χ1v) is 11.3. The fraction of sp³-hybridized carbons (Fsp3) is 0.273. The van der Waals surface area contributed by atoms with Crippen LogP contribution in [-0.2, 0) is 16.0 Å². The summed E-state index contributed by atoms with van der Waals surface area (Å²) in [5, 5.41) is 4.86. The van der Waals surface area contributed by atoms with Gasteiger partial charge in [0.1, 0.15) is 11.6 Å². The molecule has 1 aromatic heterocycles. The Morgan fingerprint density at radius 3 is 2.61 bits per heavy atom. The van der Waals surface area contributed by atoms with Crippen LogP contribution >= 0.6 is 31.9 Å². The maximum atomic E-state index is 13.1. The summed E-state index contributed by atoms with van der Waals surface area (Å²) in [6, 6.07) is 10.7. The molecule has 162 valence electrons. The molecular formula is C22H21Br2N3O4. The Labute approximate surface area is 196 Å². The summed E-state index contributed by atoms with van der Waals surface area (Å²) in [4.78, 5) is 29.6. The molecule has 0 N–H and O–H groups in total. The second-order valence-corrected chi connectivity index (χ2v) is 8.43. The summed E-state index contributed by atoms with van der Waals surface area (Å²) < 4.78 is 13.7. The lowest BCUT2D eigenvalue weighted by Crippen LogP contribution is -2.26. The van der Waals surface area contributed by atoms with Gasteiger partial charge >= 0.3 is 5.97 Å². The van der Waals surface area contributed by atoms with Crippen molar-refractivity contribution in [3.63, 3.8) is 0 Å². The van der Waals surface area contributed by atoms with Gasteiger partial charge < -0.3 is 9.47 Å². The van der Waals surface area contributed by atoms with Crippen LogP contribution in [0, 0.1) is 0 Å². The van der Waals surface area contributed by atoms with Crippen molar-refractivity contribution in [1.29, 1.82) is 0 Å². The fourth-order valence-corrected chi connectivity index (χ4v) is 3.63. The van der Waals surface area contributed by atoms with Gasteiger partial charge in [0.25, 0.3) is 5.56 Å². The van der Waals surface area contributed by atoms with Gasteiger partial charge in [0.2, 0.25) is 0 Å². The van der Waals surface area contributed by atoms with E-state index in [0.29, 0.717) is 34.5 Å². The Morgan fingerprint density at radius 1 is 1.19 bits per heavy atom. The summed E-state index contributed by atoms with van der Waals surface area (Å²) in [7, 11) is 0. The number of carbonyl (C=O) groups excluding carboxylic acids is 1. The van der Waals surface area contributed by atoms with Crippen molar-refractivity contribution in [2.75, 3.05) is 6.61 Å². The third kappa shape index (κ3) is 5.40. The van der Waals surface area contributed by atoms with Crippen molar-refractivity contribution >= 4 is 54.9 Å². The summed E-state index contributed by atoms with van der Waals surface area (Å²) in [6.07, 6.45) is 1.26. The number of ether oxygens (including phenoxy) is 2.